The third-order valence-corrected chi connectivity index (χ3v) is 5.51. The van der Waals surface area contributed by atoms with E-state index in [4.69, 9.17) is 14.5 Å². The molecule has 0 bridgehead atoms. The molecule has 3 rings (SSSR count). The zero-order valence-electron chi connectivity index (χ0n) is 12.8. The number of alkyl halides is 1. The molecule has 25 heavy (non-hydrogen) atoms. The second-order valence-corrected chi connectivity index (χ2v) is 8.11. The summed E-state index contributed by atoms with van der Waals surface area (Å²) in [5, 5.41) is 0.533. The van der Waals surface area contributed by atoms with Gasteiger partial charge in [0.1, 0.15) is 11.5 Å². The van der Waals surface area contributed by atoms with E-state index in [9.17, 15) is 13.8 Å². The number of thiophene rings is 1. The smallest absolute Gasteiger partial charge is 0.363 e. The number of hydrogen-bond donors (Lipinski definition) is 2. The van der Waals surface area contributed by atoms with Crippen molar-refractivity contribution in [3.63, 3.8) is 0 Å². The molecule has 3 aromatic rings. The third-order valence-electron chi connectivity index (χ3n) is 3.52. The highest BCUT2D eigenvalue weighted by Gasteiger charge is 2.30. The molecule has 0 aliphatic carbocycles. The van der Waals surface area contributed by atoms with Crippen molar-refractivity contribution in [2.75, 3.05) is 0 Å². The minimum atomic E-state index is -4.87. The number of esters is 1. The maximum atomic E-state index is 13.8. The molecule has 0 spiro atoms. The van der Waals surface area contributed by atoms with Gasteiger partial charge in [-0.2, -0.15) is 0 Å². The highest BCUT2D eigenvalue weighted by atomic mass is 32.1. The zero-order valence-corrected chi connectivity index (χ0v) is 14.5. The molecule has 0 saturated carbocycles. The van der Waals surface area contributed by atoms with Crippen molar-refractivity contribution in [3.05, 3.63) is 70.6 Å². The van der Waals surface area contributed by atoms with Crippen LogP contribution < -0.4 is 0 Å². The van der Waals surface area contributed by atoms with Gasteiger partial charge in [0.25, 0.3) is 0 Å². The summed E-state index contributed by atoms with van der Waals surface area (Å²) in [5.74, 6) is -2.89. The first-order valence-electron chi connectivity index (χ1n) is 7.28. The van der Waals surface area contributed by atoms with E-state index in [0.717, 1.165) is 5.56 Å². The van der Waals surface area contributed by atoms with Crippen LogP contribution in [0.3, 0.4) is 0 Å². The first kappa shape index (κ1) is 17.8. The van der Waals surface area contributed by atoms with Crippen molar-refractivity contribution in [1.29, 1.82) is 0 Å². The Hall–Kier alpha value is -2.05. The highest BCUT2D eigenvalue weighted by Crippen LogP contribution is 2.53. The van der Waals surface area contributed by atoms with E-state index in [1.165, 1.54) is 35.6 Å². The molecule has 2 N–H and O–H groups in total. The first-order chi connectivity index (χ1) is 11.8. The highest BCUT2D eigenvalue weighted by molar-refractivity contribution is 7.51. The summed E-state index contributed by atoms with van der Waals surface area (Å²) >= 11 is 1.18. The van der Waals surface area contributed by atoms with Gasteiger partial charge < -0.3 is 14.5 Å². The monoisotopic (exact) mass is 380 g/mol. The van der Waals surface area contributed by atoms with Gasteiger partial charge in [-0.3, -0.25) is 4.57 Å². The molecule has 130 valence electrons. The van der Waals surface area contributed by atoms with Gasteiger partial charge in [0.05, 0.1) is 0 Å². The summed E-state index contributed by atoms with van der Waals surface area (Å²) in [4.78, 5) is 30.4. The maximum absolute atomic E-state index is 13.8. The van der Waals surface area contributed by atoms with Crippen molar-refractivity contribution in [2.24, 2.45) is 0 Å². The molecular weight excluding hydrogens is 366 g/mol. The van der Waals surface area contributed by atoms with Crippen LogP contribution in [0.4, 0.5) is 4.39 Å². The number of fused-ring (bicyclic) bond motifs is 1. The molecule has 1 atom stereocenters. The fraction of sp³-hybridized carbons (Fsp3) is 0.118. The fourth-order valence-corrected chi connectivity index (χ4v) is 3.78. The van der Waals surface area contributed by atoms with Crippen LogP contribution >= 0.6 is 18.9 Å². The maximum Gasteiger partial charge on any atom is 0.363 e. The van der Waals surface area contributed by atoms with Crippen molar-refractivity contribution >= 4 is 35.0 Å². The Morgan fingerprint density at radius 1 is 1.16 bits per heavy atom. The summed E-state index contributed by atoms with van der Waals surface area (Å²) < 4.78 is 30.8. The second kappa shape index (κ2) is 7.06. The normalized spacial score (nSPS) is 12.9. The lowest BCUT2D eigenvalue weighted by atomic mass is 10.2. The minimum absolute atomic E-state index is 0.122. The Kier molecular flexibility index (Phi) is 5.01. The summed E-state index contributed by atoms with van der Waals surface area (Å²) in [6.45, 7) is 0.143. The molecule has 8 heteroatoms. The van der Waals surface area contributed by atoms with Crippen LogP contribution in [-0.2, 0) is 15.9 Å². The topological polar surface area (TPSA) is 83.8 Å². The standard InChI is InChI=1S/C17H14FO5PS/c18-16(24(20,21)22)12-6-7-14-13(8-12)9-15(25-14)17(19)23-10-11-4-2-1-3-5-11/h1-9,16H,10H2,(H2,20,21,22)/t16-/m1/s1. The molecule has 0 radical (unpaired) electrons. The largest absolute Gasteiger partial charge is 0.457 e. The lowest BCUT2D eigenvalue weighted by Gasteiger charge is -2.09. The van der Waals surface area contributed by atoms with Crippen LogP contribution in [0, 0.1) is 0 Å². The Morgan fingerprint density at radius 2 is 1.88 bits per heavy atom. The molecule has 0 aliphatic heterocycles. The van der Waals surface area contributed by atoms with Crippen LogP contribution in [0.15, 0.2) is 54.6 Å². The van der Waals surface area contributed by atoms with Crippen LogP contribution in [0.2, 0.25) is 0 Å². The number of carbonyl (C=O) groups is 1. The van der Waals surface area contributed by atoms with Gasteiger partial charge >= 0.3 is 13.6 Å². The average molecular weight is 380 g/mol. The van der Waals surface area contributed by atoms with Gasteiger partial charge in [-0.15, -0.1) is 11.3 Å². The molecule has 1 heterocycles. The van der Waals surface area contributed by atoms with E-state index in [0.29, 0.717) is 15.0 Å². The van der Waals surface area contributed by atoms with Crippen LogP contribution in [-0.4, -0.2) is 15.8 Å². The first-order valence-corrected chi connectivity index (χ1v) is 9.78. The van der Waals surface area contributed by atoms with Crippen molar-refractivity contribution in [1.82, 2.24) is 0 Å². The van der Waals surface area contributed by atoms with E-state index in [-0.39, 0.29) is 12.2 Å². The second-order valence-electron chi connectivity index (χ2n) is 5.39. The zero-order chi connectivity index (χ0) is 18.0. The van der Waals surface area contributed by atoms with Crippen molar-refractivity contribution in [2.45, 2.75) is 12.5 Å². The van der Waals surface area contributed by atoms with Gasteiger partial charge in [0.2, 0.25) is 5.91 Å². The molecule has 5 nitrogen and oxygen atoms in total. The predicted octanol–water partition coefficient (Wildman–Crippen LogP) is 4.40. The Balaban J connectivity index is 1.79. The van der Waals surface area contributed by atoms with Crippen LogP contribution in [0.25, 0.3) is 10.1 Å². The molecule has 1 aromatic heterocycles. The van der Waals surface area contributed by atoms with Gasteiger partial charge in [0.15, 0.2) is 0 Å². The Labute approximate surface area is 146 Å². The van der Waals surface area contributed by atoms with Gasteiger partial charge in [-0.05, 0) is 34.7 Å². The molecule has 2 aromatic carbocycles. The molecular formula is C17H14FO5PS. The predicted molar refractivity (Wildman–Crippen MR) is 93.3 cm³/mol. The van der Waals surface area contributed by atoms with Gasteiger partial charge in [0, 0.05) is 4.70 Å². The number of benzene rings is 2. The van der Waals surface area contributed by atoms with Gasteiger partial charge in [-0.1, -0.05) is 36.4 Å². The van der Waals surface area contributed by atoms with E-state index in [1.54, 1.807) is 0 Å². The summed E-state index contributed by atoms with van der Waals surface area (Å²) in [6.07, 6.45) is 0. The third kappa shape index (κ3) is 4.14. The number of halogens is 1. The lowest BCUT2D eigenvalue weighted by molar-refractivity contribution is 0.0478. The minimum Gasteiger partial charge on any atom is -0.457 e. The van der Waals surface area contributed by atoms with E-state index >= 15 is 0 Å². The molecule has 0 amide bonds. The van der Waals surface area contributed by atoms with Gasteiger partial charge in [-0.25, -0.2) is 9.18 Å². The number of rotatable bonds is 5. The lowest BCUT2D eigenvalue weighted by Crippen LogP contribution is -2.02. The summed E-state index contributed by atoms with van der Waals surface area (Å²) in [6, 6.07) is 14.9. The molecule has 0 unspecified atom stereocenters. The Bertz CT molecular complexity index is 950. The van der Waals surface area contributed by atoms with Crippen molar-refractivity contribution in [3.8, 4) is 0 Å². The van der Waals surface area contributed by atoms with Crippen molar-refractivity contribution < 1.29 is 28.3 Å². The molecule has 0 saturated heterocycles. The quantitative estimate of drug-likeness (QED) is 0.506. The SMILES string of the molecule is O=C(OCc1ccccc1)c1cc2cc([C@H](F)P(=O)(O)O)ccc2s1. The molecule has 0 fully saturated rings. The van der Waals surface area contributed by atoms with E-state index < -0.39 is 19.5 Å². The summed E-state index contributed by atoms with van der Waals surface area (Å²) in [5.41, 5.74) is 0.740. The van der Waals surface area contributed by atoms with E-state index in [2.05, 4.69) is 0 Å². The number of ether oxygens (including phenoxy) is 1. The number of hydrogen-bond acceptors (Lipinski definition) is 4. The molecule has 0 aliphatic rings. The summed E-state index contributed by atoms with van der Waals surface area (Å²) in [7, 11) is -4.87. The van der Waals surface area contributed by atoms with Crippen LogP contribution in [0.5, 0.6) is 0 Å². The van der Waals surface area contributed by atoms with E-state index in [1.807, 2.05) is 30.3 Å². The Morgan fingerprint density at radius 3 is 2.56 bits per heavy atom. The average Bonchev–Trinajstić information content (AvgIpc) is 3.02. The van der Waals surface area contributed by atoms with Crippen LogP contribution in [0.1, 0.15) is 26.7 Å². The fourth-order valence-electron chi connectivity index (χ4n) is 2.30. The number of carbonyl (C=O) groups excluding carboxylic acids is 1.